The van der Waals surface area contributed by atoms with E-state index in [2.05, 4.69) is 22.4 Å². The van der Waals surface area contributed by atoms with Gasteiger partial charge in [-0.1, -0.05) is 48.0 Å². The summed E-state index contributed by atoms with van der Waals surface area (Å²) in [6.45, 7) is 1.99. The Hall–Kier alpha value is -2.62. The minimum absolute atomic E-state index is 0.122. The summed E-state index contributed by atoms with van der Waals surface area (Å²) in [6.07, 6.45) is 0.969. The van der Waals surface area contributed by atoms with Crippen molar-refractivity contribution in [3.8, 4) is 22.9 Å². The Labute approximate surface area is 206 Å². The minimum atomic E-state index is -0.342. The Morgan fingerprint density at radius 1 is 1.09 bits per heavy atom. The summed E-state index contributed by atoms with van der Waals surface area (Å²) in [6, 6.07) is 10.3. The van der Waals surface area contributed by atoms with Crippen molar-refractivity contribution in [3.05, 3.63) is 52.3 Å². The first-order valence-electron chi connectivity index (χ1n) is 10.1. The van der Waals surface area contributed by atoms with E-state index in [1.807, 2.05) is 22.8 Å². The lowest BCUT2D eigenvalue weighted by Crippen LogP contribution is -2.29. The average Bonchev–Trinajstić information content (AvgIpc) is 3.22. The highest BCUT2D eigenvalue weighted by Crippen LogP contribution is 2.36. The Kier molecular flexibility index (Phi) is 9.11. The predicted octanol–water partition coefficient (Wildman–Crippen LogP) is 4.79. The summed E-state index contributed by atoms with van der Waals surface area (Å²) in [4.78, 5) is 12.4. The van der Waals surface area contributed by atoms with Crippen LogP contribution in [0.1, 0.15) is 19.2 Å². The Morgan fingerprint density at radius 2 is 1.82 bits per heavy atom. The molecule has 1 N–H and O–H groups in total. The number of hydrogen-bond donors (Lipinski definition) is 1. The minimum Gasteiger partial charge on any atom is -0.494 e. The molecule has 176 valence electrons. The largest absolute Gasteiger partial charge is 0.494 e. The molecule has 0 saturated heterocycles. The molecule has 2 aromatic carbocycles. The highest BCUT2D eigenvalue weighted by molar-refractivity contribution is 7.99. The Bertz CT molecular complexity index is 1090. The van der Waals surface area contributed by atoms with Crippen LogP contribution in [0, 0.1) is 0 Å². The number of amides is 1. The third kappa shape index (κ3) is 6.25. The van der Waals surface area contributed by atoms with Gasteiger partial charge in [0.1, 0.15) is 22.9 Å². The molecule has 0 radical (unpaired) electrons. The smallest absolute Gasteiger partial charge is 0.258 e. The van der Waals surface area contributed by atoms with Crippen LogP contribution in [0.5, 0.6) is 17.2 Å². The van der Waals surface area contributed by atoms with Crippen LogP contribution in [0.4, 0.5) is 0 Å². The van der Waals surface area contributed by atoms with Crippen LogP contribution < -0.4 is 19.5 Å². The Morgan fingerprint density at radius 3 is 2.45 bits per heavy atom. The monoisotopic (exact) mass is 510 g/mol. The van der Waals surface area contributed by atoms with E-state index in [1.54, 1.807) is 44.2 Å². The van der Waals surface area contributed by atoms with Gasteiger partial charge in [-0.25, -0.2) is 0 Å². The maximum atomic E-state index is 12.4. The summed E-state index contributed by atoms with van der Waals surface area (Å²) in [5.74, 6) is 2.61. The predicted molar refractivity (Wildman–Crippen MR) is 129 cm³/mol. The summed E-state index contributed by atoms with van der Waals surface area (Å²) >= 11 is 13.5. The van der Waals surface area contributed by atoms with E-state index >= 15 is 0 Å². The standard InChI is InChI=1S/C22H24Cl2N4O4S/c1-4-10-33-22-27-26-19(28(22)21-17(30-2)6-5-7-18(21)31-3)12-25-20(29)13-32-16-9-8-14(23)11-15(16)24/h5-9,11H,4,10,12-13H2,1-3H3,(H,25,29). The average molecular weight is 511 g/mol. The molecule has 0 aliphatic rings. The summed E-state index contributed by atoms with van der Waals surface area (Å²) in [5.41, 5.74) is 0.666. The number of carbonyl (C=O) groups is 1. The molecule has 0 fully saturated rings. The van der Waals surface area contributed by atoms with Crippen molar-refractivity contribution in [2.75, 3.05) is 26.6 Å². The lowest BCUT2D eigenvalue weighted by atomic mass is 10.2. The van der Waals surface area contributed by atoms with Crippen LogP contribution in [-0.2, 0) is 11.3 Å². The van der Waals surface area contributed by atoms with E-state index in [4.69, 9.17) is 37.4 Å². The van der Waals surface area contributed by atoms with Crippen LogP contribution in [0.15, 0.2) is 41.6 Å². The van der Waals surface area contributed by atoms with E-state index in [-0.39, 0.29) is 19.1 Å². The van der Waals surface area contributed by atoms with Gasteiger partial charge < -0.3 is 19.5 Å². The number of halogens is 2. The van der Waals surface area contributed by atoms with E-state index in [1.165, 1.54) is 0 Å². The van der Waals surface area contributed by atoms with Crippen LogP contribution in [0.2, 0.25) is 10.0 Å². The van der Waals surface area contributed by atoms with Crippen LogP contribution in [0.25, 0.3) is 5.69 Å². The van der Waals surface area contributed by atoms with Gasteiger partial charge in [0.25, 0.3) is 5.91 Å². The maximum absolute atomic E-state index is 12.4. The number of rotatable bonds is 11. The number of thioether (sulfide) groups is 1. The zero-order valence-corrected chi connectivity index (χ0v) is 20.8. The van der Waals surface area contributed by atoms with Crippen molar-refractivity contribution >= 4 is 40.9 Å². The molecular weight excluding hydrogens is 487 g/mol. The van der Waals surface area contributed by atoms with Crippen LogP contribution >= 0.6 is 35.0 Å². The van der Waals surface area contributed by atoms with Crippen molar-refractivity contribution in [1.82, 2.24) is 20.1 Å². The molecule has 0 aliphatic heterocycles. The molecule has 0 aliphatic carbocycles. The second-order valence-corrected chi connectivity index (χ2v) is 8.64. The van der Waals surface area contributed by atoms with Gasteiger partial charge in [-0.15, -0.1) is 10.2 Å². The van der Waals surface area contributed by atoms with Crippen molar-refractivity contribution in [3.63, 3.8) is 0 Å². The fourth-order valence-corrected chi connectivity index (χ4v) is 4.22. The first-order chi connectivity index (χ1) is 16.0. The molecule has 0 unspecified atom stereocenters. The second-order valence-electron chi connectivity index (χ2n) is 6.73. The van der Waals surface area contributed by atoms with Gasteiger partial charge in [-0.3, -0.25) is 9.36 Å². The van der Waals surface area contributed by atoms with Gasteiger partial charge in [-0.05, 0) is 36.8 Å². The normalized spacial score (nSPS) is 10.7. The fraction of sp³-hybridized carbons (Fsp3) is 0.318. The molecule has 0 atom stereocenters. The molecule has 33 heavy (non-hydrogen) atoms. The molecule has 0 bridgehead atoms. The number of para-hydroxylation sites is 1. The second kappa shape index (κ2) is 12.0. The molecule has 0 saturated carbocycles. The molecular formula is C22H24Cl2N4O4S. The van der Waals surface area contributed by atoms with Gasteiger partial charge in [0.2, 0.25) is 0 Å². The van der Waals surface area contributed by atoms with E-state index < -0.39 is 0 Å². The first kappa shape index (κ1) is 25.0. The van der Waals surface area contributed by atoms with Gasteiger partial charge >= 0.3 is 0 Å². The number of hydrogen-bond acceptors (Lipinski definition) is 7. The summed E-state index contributed by atoms with van der Waals surface area (Å²) in [5, 5.41) is 12.9. The number of benzene rings is 2. The molecule has 3 aromatic rings. The lowest BCUT2D eigenvalue weighted by Gasteiger charge is -2.17. The van der Waals surface area contributed by atoms with Gasteiger partial charge in [-0.2, -0.15) is 0 Å². The maximum Gasteiger partial charge on any atom is 0.258 e. The van der Waals surface area contributed by atoms with E-state index in [0.29, 0.717) is 44.0 Å². The number of aromatic nitrogens is 3. The number of methoxy groups -OCH3 is 2. The molecule has 8 nitrogen and oxygen atoms in total. The number of nitrogens with zero attached hydrogens (tertiary/aromatic N) is 3. The summed E-state index contributed by atoms with van der Waals surface area (Å²) in [7, 11) is 3.17. The first-order valence-corrected chi connectivity index (χ1v) is 11.9. The Balaban J connectivity index is 1.80. The third-order valence-corrected chi connectivity index (χ3v) is 6.12. The zero-order valence-electron chi connectivity index (χ0n) is 18.4. The molecule has 3 rings (SSSR count). The van der Waals surface area contributed by atoms with Crippen molar-refractivity contribution in [2.45, 2.75) is 25.0 Å². The quantitative estimate of drug-likeness (QED) is 0.371. The van der Waals surface area contributed by atoms with Gasteiger partial charge in [0.05, 0.1) is 25.8 Å². The van der Waals surface area contributed by atoms with Crippen molar-refractivity contribution < 1.29 is 19.0 Å². The third-order valence-electron chi connectivity index (χ3n) is 4.46. The highest BCUT2D eigenvalue weighted by Gasteiger charge is 2.21. The van der Waals surface area contributed by atoms with Gasteiger partial charge in [0, 0.05) is 10.8 Å². The number of ether oxygens (including phenoxy) is 3. The van der Waals surface area contributed by atoms with E-state index in [0.717, 1.165) is 12.2 Å². The SMILES string of the molecule is CCCSc1nnc(CNC(=O)COc2ccc(Cl)cc2Cl)n1-c1c(OC)cccc1OC. The van der Waals surface area contributed by atoms with Crippen molar-refractivity contribution in [2.24, 2.45) is 0 Å². The molecule has 11 heteroatoms. The molecule has 0 spiro atoms. The lowest BCUT2D eigenvalue weighted by molar-refractivity contribution is -0.123. The zero-order chi connectivity index (χ0) is 23.8. The molecule has 1 aromatic heterocycles. The summed E-state index contributed by atoms with van der Waals surface area (Å²) < 4.78 is 18.5. The fourth-order valence-electron chi connectivity index (χ4n) is 2.94. The van der Waals surface area contributed by atoms with Gasteiger partial charge in [0.15, 0.2) is 17.6 Å². The molecule has 1 heterocycles. The number of nitrogens with one attached hydrogen (secondary N) is 1. The number of carbonyl (C=O) groups excluding carboxylic acids is 1. The van der Waals surface area contributed by atoms with Crippen molar-refractivity contribution in [1.29, 1.82) is 0 Å². The van der Waals surface area contributed by atoms with Crippen LogP contribution in [-0.4, -0.2) is 47.3 Å². The van der Waals surface area contributed by atoms with E-state index in [9.17, 15) is 4.79 Å². The topological polar surface area (TPSA) is 87.5 Å². The molecule has 1 amide bonds. The highest BCUT2D eigenvalue weighted by atomic mass is 35.5. The van der Waals surface area contributed by atoms with Crippen LogP contribution in [0.3, 0.4) is 0 Å².